The standard InChI is InChI=1S/C32H60O13/c1-2-3-4-5-6-7-8-12-31(35)44-28-26-42-24-22-40-20-18-38-16-14-37-15-17-39-19-21-41-23-25-43-27-29-45-32(36)13-10-9-11-30(33)34/h2-29H2,1H3,(H,33,34). The number of hydrogen-bond acceptors (Lipinski definition) is 12. The van der Waals surface area contributed by atoms with Crippen molar-refractivity contribution in [1.82, 2.24) is 0 Å². The van der Waals surface area contributed by atoms with Gasteiger partial charge in [0.2, 0.25) is 0 Å². The fourth-order valence-corrected chi connectivity index (χ4v) is 3.77. The first-order valence-electron chi connectivity index (χ1n) is 16.6. The van der Waals surface area contributed by atoms with Gasteiger partial charge in [-0.15, -0.1) is 0 Å². The highest BCUT2D eigenvalue weighted by Crippen LogP contribution is 2.08. The van der Waals surface area contributed by atoms with Gasteiger partial charge in [-0.25, -0.2) is 0 Å². The molecule has 266 valence electrons. The van der Waals surface area contributed by atoms with Crippen LogP contribution in [0.3, 0.4) is 0 Å². The minimum absolute atomic E-state index is 0.0598. The van der Waals surface area contributed by atoms with E-state index in [9.17, 15) is 14.4 Å². The van der Waals surface area contributed by atoms with Crippen molar-refractivity contribution < 1.29 is 62.1 Å². The molecule has 0 amide bonds. The van der Waals surface area contributed by atoms with Crippen molar-refractivity contribution in [3.05, 3.63) is 0 Å². The molecule has 0 aliphatic heterocycles. The Hall–Kier alpha value is -1.87. The molecule has 0 aliphatic rings. The van der Waals surface area contributed by atoms with Crippen LogP contribution in [0.1, 0.15) is 84.0 Å². The lowest BCUT2D eigenvalue weighted by atomic mass is 10.1. The van der Waals surface area contributed by atoms with Crippen LogP contribution in [0.15, 0.2) is 0 Å². The summed E-state index contributed by atoms with van der Waals surface area (Å²) < 4.78 is 48.1. The summed E-state index contributed by atoms with van der Waals surface area (Å²) in [7, 11) is 0. The number of rotatable bonds is 37. The van der Waals surface area contributed by atoms with Gasteiger partial charge in [-0.1, -0.05) is 45.4 Å². The van der Waals surface area contributed by atoms with Gasteiger partial charge in [0.05, 0.1) is 92.5 Å². The predicted molar refractivity (Wildman–Crippen MR) is 166 cm³/mol. The Kier molecular flexibility index (Phi) is 35.1. The Labute approximate surface area is 269 Å². The molecule has 45 heavy (non-hydrogen) atoms. The summed E-state index contributed by atoms with van der Waals surface area (Å²) in [6.45, 7) is 8.69. The first-order valence-corrected chi connectivity index (χ1v) is 16.6. The normalized spacial score (nSPS) is 11.1. The van der Waals surface area contributed by atoms with Crippen molar-refractivity contribution in [2.24, 2.45) is 0 Å². The highest BCUT2D eigenvalue weighted by atomic mass is 16.6. The third kappa shape index (κ3) is 38.2. The molecule has 0 unspecified atom stereocenters. The molecule has 0 radical (unpaired) electrons. The van der Waals surface area contributed by atoms with Crippen LogP contribution < -0.4 is 0 Å². The highest BCUT2D eigenvalue weighted by Gasteiger charge is 2.05. The molecule has 13 nitrogen and oxygen atoms in total. The number of carbonyl (C=O) groups excluding carboxylic acids is 2. The Morgan fingerprint density at radius 1 is 0.378 bits per heavy atom. The van der Waals surface area contributed by atoms with Crippen LogP contribution in [0, 0.1) is 0 Å². The molecule has 0 aliphatic carbocycles. The molecule has 0 saturated carbocycles. The van der Waals surface area contributed by atoms with E-state index in [2.05, 4.69) is 6.92 Å². The topological polar surface area (TPSA) is 155 Å². The monoisotopic (exact) mass is 652 g/mol. The molecule has 1 N–H and O–H groups in total. The number of carboxylic acid groups (broad SMARTS) is 1. The SMILES string of the molecule is CCCCCCCCCC(=O)OCCOCCOCCOCCOCCOCCOCCOCCOC(=O)CCCCC(=O)O. The van der Waals surface area contributed by atoms with E-state index in [-0.39, 0.29) is 44.6 Å². The highest BCUT2D eigenvalue weighted by molar-refractivity contribution is 5.70. The van der Waals surface area contributed by atoms with E-state index < -0.39 is 5.97 Å². The van der Waals surface area contributed by atoms with E-state index >= 15 is 0 Å². The van der Waals surface area contributed by atoms with Crippen LogP contribution in [0.5, 0.6) is 0 Å². The first kappa shape index (κ1) is 43.1. The second kappa shape index (κ2) is 36.6. The first-order chi connectivity index (χ1) is 22.1. The number of ether oxygens (including phenoxy) is 9. The van der Waals surface area contributed by atoms with E-state index in [1.165, 1.54) is 32.1 Å². The molecule has 0 atom stereocenters. The quantitative estimate of drug-likeness (QED) is 0.0761. The van der Waals surface area contributed by atoms with Gasteiger partial charge in [0, 0.05) is 19.3 Å². The average Bonchev–Trinajstić information content (AvgIpc) is 3.02. The molecule has 0 aromatic rings. The van der Waals surface area contributed by atoms with Gasteiger partial charge in [-0.05, 0) is 19.3 Å². The van der Waals surface area contributed by atoms with Gasteiger partial charge in [-0.3, -0.25) is 14.4 Å². The minimum atomic E-state index is -0.863. The third-order valence-corrected chi connectivity index (χ3v) is 6.22. The molecular weight excluding hydrogens is 592 g/mol. The molecule has 0 aromatic heterocycles. The van der Waals surface area contributed by atoms with Crippen LogP contribution in [0.25, 0.3) is 0 Å². The summed E-state index contributed by atoms with van der Waals surface area (Å²) in [5.41, 5.74) is 0. The van der Waals surface area contributed by atoms with Crippen molar-refractivity contribution in [3.8, 4) is 0 Å². The van der Waals surface area contributed by atoms with Crippen LogP contribution >= 0.6 is 0 Å². The zero-order valence-electron chi connectivity index (χ0n) is 27.6. The van der Waals surface area contributed by atoms with Gasteiger partial charge >= 0.3 is 17.9 Å². The number of esters is 2. The van der Waals surface area contributed by atoms with Crippen molar-refractivity contribution in [3.63, 3.8) is 0 Å². The Morgan fingerprint density at radius 3 is 0.978 bits per heavy atom. The lowest BCUT2D eigenvalue weighted by Gasteiger charge is -2.09. The van der Waals surface area contributed by atoms with Crippen molar-refractivity contribution >= 4 is 17.9 Å². The molecule has 0 fully saturated rings. The Morgan fingerprint density at radius 2 is 0.644 bits per heavy atom. The third-order valence-electron chi connectivity index (χ3n) is 6.22. The summed E-state index contributed by atoms with van der Waals surface area (Å²) in [4.78, 5) is 33.6. The molecule has 0 spiro atoms. The molecule has 0 aromatic carbocycles. The van der Waals surface area contributed by atoms with Gasteiger partial charge in [0.1, 0.15) is 13.2 Å². The summed E-state index contributed by atoms with van der Waals surface area (Å²) in [5.74, 6) is -1.36. The van der Waals surface area contributed by atoms with E-state index in [0.717, 1.165) is 12.8 Å². The summed E-state index contributed by atoms with van der Waals surface area (Å²) in [5, 5.41) is 8.54. The maximum Gasteiger partial charge on any atom is 0.305 e. The number of carbonyl (C=O) groups is 3. The second-order valence-electron chi connectivity index (χ2n) is 10.2. The van der Waals surface area contributed by atoms with Crippen molar-refractivity contribution in [2.45, 2.75) is 84.0 Å². The fourth-order valence-electron chi connectivity index (χ4n) is 3.77. The number of hydrogen-bond donors (Lipinski definition) is 1. The maximum absolute atomic E-state index is 11.7. The van der Waals surface area contributed by atoms with E-state index in [0.29, 0.717) is 105 Å². The molecule has 0 heterocycles. The molecule has 0 saturated heterocycles. The maximum atomic E-state index is 11.7. The largest absolute Gasteiger partial charge is 0.481 e. The second-order valence-corrected chi connectivity index (χ2v) is 10.2. The lowest BCUT2D eigenvalue weighted by molar-refractivity contribution is -0.146. The minimum Gasteiger partial charge on any atom is -0.481 e. The molecule has 13 heteroatoms. The van der Waals surface area contributed by atoms with E-state index in [4.69, 9.17) is 47.7 Å². The smallest absolute Gasteiger partial charge is 0.305 e. The van der Waals surface area contributed by atoms with Crippen LogP contribution in [0.4, 0.5) is 0 Å². The molecular formula is C32H60O13. The number of unbranched alkanes of at least 4 members (excludes halogenated alkanes) is 7. The van der Waals surface area contributed by atoms with Gasteiger partial charge in [0.15, 0.2) is 0 Å². The van der Waals surface area contributed by atoms with Gasteiger partial charge in [0.25, 0.3) is 0 Å². The summed E-state index contributed by atoms with van der Waals surface area (Å²) >= 11 is 0. The Balaban J connectivity index is 3.16. The van der Waals surface area contributed by atoms with Crippen LogP contribution in [-0.4, -0.2) is 129 Å². The van der Waals surface area contributed by atoms with Gasteiger partial charge < -0.3 is 47.7 Å². The van der Waals surface area contributed by atoms with Crippen molar-refractivity contribution in [1.29, 1.82) is 0 Å². The Bertz CT molecular complexity index is 663. The zero-order valence-corrected chi connectivity index (χ0v) is 27.6. The fraction of sp³-hybridized carbons (Fsp3) is 0.906. The van der Waals surface area contributed by atoms with Gasteiger partial charge in [-0.2, -0.15) is 0 Å². The zero-order chi connectivity index (χ0) is 32.9. The van der Waals surface area contributed by atoms with Crippen LogP contribution in [0.2, 0.25) is 0 Å². The van der Waals surface area contributed by atoms with E-state index in [1.54, 1.807) is 0 Å². The summed E-state index contributed by atoms with van der Waals surface area (Å²) in [6, 6.07) is 0. The number of carboxylic acids is 1. The lowest BCUT2D eigenvalue weighted by Crippen LogP contribution is -2.15. The predicted octanol–water partition coefficient (Wildman–Crippen LogP) is 3.97. The van der Waals surface area contributed by atoms with Crippen molar-refractivity contribution in [2.75, 3.05) is 106 Å². The number of aliphatic carboxylic acids is 1. The summed E-state index contributed by atoms with van der Waals surface area (Å²) in [6.07, 6.45) is 9.97. The molecule has 0 rings (SSSR count). The van der Waals surface area contributed by atoms with Crippen LogP contribution in [-0.2, 0) is 57.0 Å². The average molecular weight is 653 g/mol. The molecule has 0 bridgehead atoms. The van der Waals surface area contributed by atoms with E-state index in [1.807, 2.05) is 0 Å².